The fourth-order valence-electron chi connectivity index (χ4n) is 4.56. The number of sulfonamides is 1. The molecule has 3 amide bonds. The summed E-state index contributed by atoms with van der Waals surface area (Å²) in [6.45, 7) is 3.86. The third-order valence-corrected chi connectivity index (χ3v) is 8.21. The zero-order chi connectivity index (χ0) is 39.0. The van der Waals surface area contributed by atoms with Gasteiger partial charge in [0, 0.05) is 41.0 Å². The van der Waals surface area contributed by atoms with Gasteiger partial charge in [0.15, 0.2) is 5.78 Å². The van der Waals surface area contributed by atoms with Crippen LogP contribution in [-0.4, -0.2) is 98.0 Å². The predicted octanol–water partition coefficient (Wildman–Crippen LogP) is 3.36. The molecule has 0 aliphatic carbocycles. The Labute approximate surface area is 315 Å². The van der Waals surface area contributed by atoms with Gasteiger partial charge in [0.2, 0.25) is 27.7 Å². The summed E-state index contributed by atoms with van der Waals surface area (Å²) in [6, 6.07) is 18.4. The number of rotatable bonds is 26. The van der Waals surface area contributed by atoms with Crippen LogP contribution in [0, 0.1) is 12.3 Å². The second-order valence-electron chi connectivity index (χ2n) is 11.5. The Morgan fingerprint density at radius 2 is 0.889 bits per heavy atom. The Bertz CT molecular complexity index is 1780. The van der Waals surface area contributed by atoms with Gasteiger partial charge in [0.25, 0.3) is 0 Å². The second-order valence-corrected chi connectivity index (χ2v) is 13.1. The van der Waals surface area contributed by atoms with Crippen LogP contribution in [0.4, 0.5) is 17.1 Å². The molecule has 3 rings (SSSR count). The molecule has 0 aromatic heterocycles. The number of ketones is 1. The summed E-state index contributed by atoms with van der Waals surface area (Å²) in [5.74, 6) is 1.29. The van der Waals surface area contributed by atoms with E-state index in [1.807, 2.05) is 0 Å². The van der Waals surface area contributed by atoms with Crippen LogP contribution in [0.25, 0.3) is 0 Å². The summed E-state index contributed by atoms with van der Waals surface area (Å²) < 4.78 is 49.4. The van der Waals surface area contributed by atoms with Crippen LogP contribution >= 0.6 is 0 Å². The first-order chi connectivity index (χ1) is 26.0. The highest BCUT2D eigenvalue weighted by atomic mass is 32.2. The minimum Gasteiger partial charge on any atom is -0.379 e. The standard InChI is InChI=1S/C38H46N4O11S/c1-2-19-49-21-23-51-25-27-53-28-26-52-24-22-50-20-18-37(45)42-32-12-8-30(9-13-32)38(46)29-6-10-31(11-7-29)40-35(43)4-3-5-36(44)41-33-14-16-34(17-15-33)54(39,47)48/h1,6-17H,3-5,18-28H2,(H,40,43)(H,41,44)(H,42,45)(H2,39,47,48). The maximum Gasteiger partial charge on any atom is 0.238 e. The Morgan fingerprint density at radius 3 is 1.28 bits per heavy atom. The number of carbonyl (C=O) groups excluding carboxylic acids is 4. The average Bonchev–Trinajstić information content (AvgIpc) is 3.15. The minimum atomic E-state index is -3.83. The van der Waals surface area contributed by atoms with Gasteiger partial charge in [-0.1, -0.05) is 5.92 Å². The van der Waals surface area contributed by atoms with Gasteiger partial charge in [0.05, 0.1) is 70.8 Å². The van der Waals surface area contributed by atoms with Crippen molar-refractivity contribution in [1.82, 2.24) is 0 Å². The molecule has 0 atom stereocenters. The third-order valence-electron chi connectivity index (χ3n) is 7.28. The normalized spacial score (nSPS) is 11.0. The van der Waals surface area contributed by atoms with Crippen LogP contribution in [0.1, 0.15) is 41.6 Å². The maximum atomic E-state index is 13.0. The van der Waals surface area contributed by atoms with Gasteiger partial charge in [-0.25, -0.2) is 13.6 Å². The molecule has 3 aromatic carbocycles. The lowest BCUT2D eigenvalue weighted by Gasteiger charge is -2.09. The van der Waals surface area contributed by atoms with Crippen LogP contribution in [-0.2, 0) is 48.1 Å². The Morgan fingerprint density at radius 1 is 0.537 bits per heavy atom. The number of amides is 3. The van der Waals surface area contributed by atoms with E-state index in [2.05, 4.69) is 21.9 Å². The molecule has 0 saturated heterocycles. The van der Waals surface area contributed by atoms with E-state index in [1.54, 1.807) is 48.5 Å². The first kappa shape index (κ1) is 43.4. The fraction of sp³-hybridized carbons (Fsp3) is 0.368. The molecule has 0 saturated carbocycles. The number of anilines is 3. The molecule has 0 bridgehead atoms. The molecule has 0 unspecified atom stereocenters. The molecule has 54 heavy (non-hydrogen) atoms. The van der Waals surface area contributed by atoms with Crippen LogP contribution in [0.3, 0.4) is 0 Å². The highest BCUT2D eigenvalue weighted by Crippen LogP contribution is 2.17. The molecule has 0 heterocycles. The molecule has 5 N–H and O–H groups in total. The number of hydrogen-bond acceptors (Lipinski definition) is 11. The smallest absolute Gasteiger partial charge is 0.238 e. The number of primary sulfonamides is 1. The summed E-state index contributed by atoms with van der Waals surface area (Å²) in [4.78, 5) is 49.8. The van der Waals surface area contributed by atoms with E-state index in [1.165, 1.54) is 24.3 Å². The number of hydrogen-bond donors (Lipinski definition) is 4. The van der Waals surface area contributed by atoms with Crippen molar-refractivity contribution in [1.29, 1.82) is 0 Å². The first-order valence-corrected chi connectivity index (χ1v) is 18.7. The van der Waals surface area contributed by atoms with Crippen molar-refractivity contribution in [3.05, 3.63) is 83.9 Å². The second kappa shape index (κ2) is 24.3. The molecule has 0 aliphatic rings. The molecule has 0 radical (unpaired) electrons. The quantitative estimate of drug-likeness (QED) is 0.0529. The Balaban J connectivity index is 1.24. The van der Waals surface area contributed by atoms with Crippen molar-refractivity contribution in [2.75, 3.05) is 82.0 Å². The average molecular weight is 767 g/mol. The Kier molecular flexibility index (Phi) is 19.6. The van der Waals surface area contributed by atoms with E-state index in [0.29, 0.717) is 81.0 Å². The van der Waals surface area contributed by atoms with Crippen LogP contribution in [0.5, 0.6) is 0 Å². The predicted molar refractivity (Wildman–Crippen MR) is 201 cm³/mol. The SMILES string of the molecule is C#CCOCCOCCOCCOCCOCCC(=O)Nc1ccc(C(=O)c2ccc(NC(=O)CCCC(=O)Nc3ccc(S(N)(=O)=O)cc3)cc2)cc1. The molecular weight excluding hydrogens is 721 g/mol. The van der Waals surface area contributed by atoms with E-state index in [9.17, 15) is 27.6 Å². The summed E-state index contributed by atoms with van der Waals surface area (Å²) in [7, 11) is -3.83. The zero-order valence-corrected chi connectivity index (χ0v) is 30.7. The highest BCUT2D eigenvalue weighted by molar-refractivity contribution is 7.89. The zero-order valence-electron chi connectivity index (χ0n) is 29.9. The number of benzene rings is 3. The molecule has 0 fully saturated rings. The molecule has 0 aliphatic heterocycles. The number of ether oxygens (including phenoxy) is 5. The van der Waals surface area contributed by atoms with Gasteiger partial charge in [-0.3, -0.25) is 19.2 Å². The van der Waals surface area contributed by atoms with Gasteiger partial charge in [-0.15, -0.1) is 6.42 Å². The summed E-state index contributed by atoms with van der Waals surface area (Å²) >= 11 is 0. The fourth-order valence-corrected chi connectivity index (χ4v) is 5.08. The van der Waals surface area contributed by atoms with Gasteiger partial charge in [-0.05, 0) is 79.2 Å². The summed E-state index contributed by atoms with van der Waals surface area (Å²) in [5.41, 5.74) is 2.27. The van der Waals surface area contributed by atoms with E-state index < -0.39 is 10.0 Å². The summed E-state index contributed by atoms with van der Waals surface area (Å²) in [5, 5.41) is 13.2. The monoisotopic (exact) mass is 766 g/mol. The lowest BCUT2D eigenvalue weighted by Crippen LogP contribution is -2.16. The number of terminal acetylenes is 1. The minimum absolute atomic E-state index is 0.0677. The molecular formula is C38H46N4O11S. The number of nitrogens with two attached hydrogens (primary N) is 1. The van der Waals surface area contributed by atoms with E-state index >= 15 is 0 Å². The van der Waals surface area contributed by atoms with Crippen molar-refractivity contribution >= 4 is 50.6 Å². The largest absolute Gasteiger partial charge is 0.379 e. The van der Waals surface area contributed by atoms with Crippen molar-refractivity contribution in [2.45, 2.75) is 30.6 Å². The molecule has 3 aromatic rings. The molecule has 15 nitrogen and oxygen atoms in total. The van der Waals surface area contributed by atoms with Crippen LogP contribution in [0.15, 0.2) is 77.7 Å². The van der Waals surface area contributed by atoms with Gasteiger partial charge in [-0.2, -0.15) is 0 Å². The topological polar surface area (TPSA) is 211 Å². The number of carbonyl (C=O) groups is 4. The lowest BCUT2D eigenvalue weighted by molar-refractivity contribution is -0.118. The van der Waals surface area contributed by atoms with Crippen molar-refractivity contribution in [3.63, 3.8) is 0 Å². The van der Waals surface area contributed by atoms with Crippen molar-refractivity contribution < 1.29 is 51.3 Å². The van der Waals surface area contributed by atoms with E-state index in [0.717, 1.165) is 0 Å². The van der Waals surface area contributed by atoms with Crippen LogP contribution < -0.4 is 21.1 Å². The third kappa shape index (κ3) is 17.7. The van der Waals surface area contributed by atoms with Crippen molar-refractivity contribution in [3.8, 4) is 12.3 Å². The molecule has 16 heteroatoms. The molecule has 0 spiro atoms. The van der Waals surface area contributed by atoms with E-state index in [-0.39, 0.29) is 67.3 Å². The van der Waals surface area contributed by atoms with Crippen molar-refractivity contribution in [2.24, 2.45) is 5.14 Å². The van der Waals surface area contributed by atoms with Gasteiger partial charge in [0.1, 0.15) is 6.61 Å². The van der Waals surface area contributed by atoms with E-state index in [4.69, 9.17) is 35.2 Å². The number of nitrogens with one attached hydrogen (secondary N) is 3. The van der Waals surface area contributed by atoms with Gasteiger partial charge >= 0.3 is 0 Å². The molecule has 290 valence electrons. The lowest BCUT2D eigenvalue weighted by atomic mass is 10.0. The maximum absolute atomic E-state index is 13.0. The first-order valence-electron chi connectivity index (χ1n) is 17.1. The Hall–Kier alpha value is -4.99. The van der Waals surface area contributed by atoms with Crippen LogP contribution in [0.2, 0.25) is 0 Å². The van der Waals surface area contributed by atoms with Gasteiger partial charge < -0.3 is 39.6 Å². The summed E-state index contributed by atoms with van der Waals surface area (Å²) in [6.07, 6.45) is 5.68. The highest BCUT2D eigenvalue weighted by Gasteiger charge is 2.12.